The van der Waals surface area contributed by atoms with E-state index in [-0.39, 0.29) is 21.5 Å². The summed E-state index contributed by atoms with van der Waals surface area (Å²) < 4.78 is 33.6. The molecule has 2 heterocycles. The van der Waals surface area contributed by atoms with E-state index in [1.54, 1.807) is 24.4 Å². The highest BCUT2D eigenvalue weighted by molar-refractivity contribution is 7.92. The van der Waals surface area contributed by atoms with Crippen LogP contribution in [-0.4, -0.2) is 18.4 Å². The minimum atomic E-state index is -3.77. The molecule has 0 aliphatic carbocycles. The third-order valence-corrected chi connectivity index (χ3v) is 6.00. The first-order chi connectivity index (χ1) is 14.3. The van der Waals surface area contributed by atoms with Gasteiger partial charge in [0.15, 0.2) is 0 Å². The van der Waals surface area contributed by atoms with Crippen molar-refractivity contribution >= 4 is 38.1 Å². The van der Waals surface area contributed by atoms with Gasteiger partial charge in [0.25, 0.3) is 10.0 Å². The van der Waals surface area contributed by atoms with Crippen LogP contribution in [0.25, 0.3) is 10.8 Å². The summed E-state index contributed by atoms with van der Waals surface area (Å²) in [6, 6.07) is 16.1. The number of aromatic nitrogens is 2. The molecule has 0 spiro atoms. The molecule has 1 N–H and O–H groups in total. The van der Waals surface area contributed by atoms with Crippen LogP contribution < -0.4 is 9.46 Å². The Bertz CT molecular complexity index is 1340. The lowest BCUT2D eigenvalue weighted by Gasteiger charge is -2.11. The van der Waals surface area contributed by atoms with Gasteiger partial charge in [-0.1, -0.05) is 41.9 Å². The fraction of sp³-hybridized carbons (Fsp3) is 0.0909. The number of aryl methyl sites for hydroxylation is 2. The normalized spacial score (nSPS) is 11.4. The minimum Gasteiger partial charge on any atom is -0.419 e. The number of anilines is 1. The largest absolute Gasteiger partial charge is 0.419 e. The van der Waals surface area contributed by atoms with Gasteiger partial charge in [0.1, 0.15) is 5.02 Å². The van der Waals surface area contributed by atoms with Gasteiger partial charge in [0.05, 0.1) is 16.8 Å². The Kier molecular flexibility index (Phi) is 5.32. The van der Waals surface area contributed by atoms with Crippen LogP contribution in [0.2, 0.25) is 5.02 Å². The van der Waals surface area contributed by atoms with E-state index in [1.165, 1.54) is 12.3 Å². The van der Waals surface area contributed by atoms with Crippen LogP contribution in [-0.2, 0) is 10.0 Å². The molecule has 0 aliphatic rings. The molecule has 0 amide bonds. The first-order valence-corrected chi connectivity index (χ1v) is 11.0. The van der Waals surface area contributed by atoms with E-state index in [0.29, 0.717) is 5.88 Å². The second kappa shape index (κ2) is 7.93. The van der Waals surface area contributed by atoms with Crippen LogP contribution >= 0.6 is 11.6 Å². The molecular weight excluding hydrogens is 422 g/mol. The summed E-state index contributed by atoms with van der Waals surface area (Å²) in [5.74, 6) is 0.473. The standard InChI is InChI=1S/C22H18ClN3O3S/c1-14-7-15(2)9-19(8-14)30(27,28)26-18-11-20(23)22(25-13-18)29-21-10-16-5-3-4-6-17(16)12-24-21/h3-13,26H,1-2H3. The van der Waals surface area contributed by atoms with Crippen LogP contribution in [0.5, 0.6) is 11.8 Å². The number of nitrogens with one attached hydrogen (secondary N) is 1. The summed E-state index contributed by atoms with van der Waals surface area (Å²) in [7, 11) is -3.77. The fourth-order valence-electron chi connectivity index (χ4n) is 3.08. The molecule has 2 aromatic heterocycles. The fourth-order valence-corrected chi connectivity index (χ4v) is 4.50. The topological polar surface area (TPSA) is 81.2 Å². The average Bonchev–Trinajstić information content (AvgIpc) is 2.69. The van der Waals surface area contributed by atoms with Crippen molar-refractivity contribution in [2.24, 2.45) is 0 Å². The highest BCUT2D eigenvalue weighted by Crippen LogP contribution is 2.30. The molecule has 0 unspecified atom stereocenters. The number of ether oxygens (including phenoxy) is 1. The molecule has 6 nitrogen and oxygen atoms in total. The number of fused-ring (bicyclic) bond motifs is 1. The zero-order valence-electron chi connectivity index (χ0n) is 16.3. The van der Waals surface area contributed by atoms with E-state index < -0.39 is 10.0 Å². The summed E-state index contributed by atoms with van der Waals surface area (Å²) in [6.07, 6.45) is 3.05. The molecule has 0 saturated heterocycles. The van der Waals surface area contributed by atoms with Crippen LogP contribution in [0.1, 0.15) is 11.1 Å². The number of halogens is 1. The lowest BCUT2D eigenvalue weighted by atomic mass is 10.2. The Hall–Kier alpha value is -3.16. The monoisotopic (exact) mass is 439 g/mol. The van der Waals surface area contributed by atoms with Crippen molar-refractivity contribution in [2.75, 3.05) is 4.72 Å². The molecule has 0 fully saturated rings. The molecule has 0 aliphatic heterocycles. The van der Waals surface area contributed by atoms with Crippen LogP contribution in [0.15, 0.2) is 71.9 Å². The molecule has 0 bridgehead atoms. The molecule has 152 valence electrons. The van der Waals surface area contributed by atoms with E-state index in [2.05, 4.69) is 14.7 Å². The molecule has 0 radical (unpaired) electrons. The smallest absolute Gasteiger partial charge is 0.261 e. The first-order valence-electron chi connectivity index (χ1n) is 9.09. The van der Waals surface area contributed by atoms with E-state index in [9.17, 15) is 8.42 Å². The quantitative estimate of drug-likeness (QED) is 0.444. The predicted molar refractivity (Wildman–Crippen MR) is 118 cm³/mol. The molecular formula is C22H18ClN3O3S. The number of hydrogen-bond acceptors (Lipinski definition) is 5. The van der Waals surface area contributed by atoms with Crippen LogP contribution in [0.3, 0.4) is 0 Å². The Morgan fingerprint density at radius 3 is 2.30 bits per heavy atom. The Labute approximate surface area is 179 Å². The van der Waals surface area contributed by atoms with E-state index in [1.807, 2.05) is 44.2 Å². The van der Waals surface area contributed by atoms with Gasteiger partial charge in [0, 0.05) is 17.6 Å². The van der Waals surface area contributed by atoms with Crippen molar-refractivity contribution in [3.63, 3.8) is 0 Å². The van der Waals surface area contributed by atoms with Crippen LogP contribution in [0.4, 0.5) is 5.69 Å². The number of nitrogens with zero attached hydrogens (tertiary/aromatic N) is 2. The van der Waals surface area contributed by atoms with Gasteiger partial charge in [-0.3, -0.25) is 4.72 Å². The first kappa shape index (κ1) is 20.1. The Morgan fingerprint density at radius 1 is 0.900 bits per heavy atom. The summed E-state index contributed by atoms with van der Waals surface area (Å²) in [5.41, 5.74) is 1.95. The summed E-state index contributed by atoms with van der Waals surface area (Å²) in [4.78, 5) is 8.57. The lowest BCUT2D eigenvalue weighted by molar-refractivity contribution is 0.446. The van der Waals surface area contributed by atoms with Crippen molar-refractivity contribution in [1.82, 2.24) is 9.97 Å². The van der Waals surface area contributed by atoms with Gasteiger partial charge in [-0.05, 0) is 48.6 Å². The lowest BCUT2D eigenvalue weighted by Crippen LogP contribution is -2.13. The van der Waals surface area contributed by atoms with Crippen molar-refractivity contribution in [2.45, 2.75) is 18.7 Å². The van der Waals surface area contributed by atoms with Gasteiger partial charge in [0.2, 0.25) is 11.8 Å². The van der Waals surface area contributed by atoms with Gasteiger partial charge in [-0.15, -0.1) is 0 Å². The zero-order chi connectivity index (χ0) is 21.3. The molecule has 4 aromatic rings. The molecule has 4 rings (SSSR count). The summed E-state index contributed by atoms with van der Waals surface area (Å²) in [5, 5.41) is 2.11. The number of sulfonamides is 1. The Morgan fingerprint density at radius 2 is 1.60 bits per heavy atom. The zero-order valence-corrected chi connectivity index (χ0v) is 17.8. The maximum Gasteiger partial charge on any atom is 0.261 e. The third-order valence-electron chi connectivity index (χ3n) is 4.37. The van der Waals surface area contributed by atoms with Gasteiger partial charge >= 0.3 is 0 Å². The second-order valence-electron chi connectivity index (χ2n) is 6.91. The van der Waals surface area contributed by atoms with Crippen molar-refractivity contribution in [3.05, 3.63) is 83.1 Å². The van der Waals surface area contributed by atoms with Gasteiger partial charge < -0.3 is 4.74 Å². The maximum atomic E-state index is 12.7. The third kappa shape index (κ3) is 4.37. The molecule has 0 saturated carbocycles. The van der Waals surface area contributed by atoms with E-state index >= 15 is 0 Å². The highest BCUT2D eigenvalue weighted by Gasteiger charge is 2.17. The molecule has 0 atom stereocenters. The van der Waals surface area contributed by atoms with Gasteiger partial charge in [-0.25, -0.2) is 18.4 Å². The number of pyridine rings is 2. The maximum absolute atomic E-state index is 12.7. The summed E-state index contributed by atoms with van der Waals surface area (Å²) >= 11 is 6.27. The van der Waals surface area contributed by atoms with Crippen LogP contribution in [0, 0.1) is 13.8 Å². The van der Waals surface area contributed by atoms with Crippen molar-refractivity contribution in [1.29, 1.82) is 0 Å². The molecule has 30 heavy (non-hydrogen) atoms. The highest BCUT2D eigenvalue weighted by atomic mass is 35.5. The molecule has 8 heteroatoms. The van der Waals surface area contributed by atoms with Gasteiger partial charge in [-0.2, -0.15) is 0 Å². The van der Waals surface area contributed by atoms with Crippen molar-refractivity contribution < 1.29 is 13.2 Å². The Balaban J connectivity index is 1.56. The number of benzene rings is 2. The summed E-state index contributed by atoms with van der Waals surface area (Å²) in [6.45, 7) is 3.69. The second-order valence-corrected chi connectivity index (χ2v) is 9.00. The van der Waals surface area contributed by atoms with E-state index in [4.69, 9.17) is 16.3 Å². The number of rotatable bonds is 5. The van der Waals surface area contributed by atoms with E-state index in [0.717, 1.165) is 21.9 Å². The minimum absolute atomic E-state index is 0.133. The SMILES string of the molecule is Cc1cc(C)cc(S(=O)(=O)Nc2cnc(Oc3cc4ccccc4cn3)c(Cl)c2)c1. The average molecular weight is 440 g/mol. The molecule has 2 aromatic carbocycles. The number of hydrogen-bond donors (Lipinski definition) is 1. The van der Waals surface area contributed by atoms with Crippen molar-refractivity contribution in [3.8, 4) is 11.8 Å². The predicted octanol–water partition coefficient (Wildman–Crippen LogP) is 5.49.